The first-order chi connectivity index (χ1) is 12.8. The third-order valence-corrected chi connectivity index (χ3v) is 4.61. The van der Waals surface area contributed by atoms with Crippen molar-refractivity contribution in [3.8, 4) is 22.5 Å². The standard InChI is InChI=1S/C22H16N4/c1-14-5-2-8-19(25-14)21-20(17-7-4-12-24-22(17)26-21)16-9-10-18-15(13-16)6-3-11-23-18/h2-13H,1H3,(H,24,26). The average molecular weight is 336 g/mol. The van der Waals surface area contributed by atoms with Crippen molar-refractivity contribution >= 4 is 21.9 Å². The molecule has 0 radical (unpaired) electrons. The van der Waals surface area contributed by atoms with Gasteiger partial charge < -0.3 is 4.98 Å². The molecule has 0 saturated carbocycles. The van der Waals surface area contributed by atoms with Crippen molar-refractivity contribution in [2.45, 2.75) is 6.92 Å². The maximum Gasteiger partial charge on any atom is 0.138 e. The van der Waals surface area contributed by atoms with Gasteiger partial charge in [0.05, 0.1) is 16.9 Å². The Morgan fingerprint density at radius 2 is 1.73 bits per heavy atom. The number of hydrogen-bond donors (Lipinski definition) is 1. The van der Waals surface area contributed by atoms with Crippen LogP contribution in [0.25, 0.3) is 44.5 Å². The normalized spacial score (nSPS) is 11.3. The zero-order chi connectivity index (χ0) is 17.5. The summed E-state index contributed by atoms with van der Waals surface area (Å²) in [6.07, 6.45) is 3.63. The first-order valence-electron chi connectivity index (χ1n) is 8.55. The zero-order valence-corrected chi connectivity index (χ0v) is 14.3. The van der Waals surface area contributed by atoms with E-state index in [0.29, 0.717) is 0 Å². The number of nitrogens with one attached hydrogen (secondary N) is 1. The summed E-state index contributed by atoms with van der Waals surface area (Å²) in [7, 11) is 0. The van der Waals surface area contributed by atoms with Gasteiger partial charge in [-0.15, -0.1) is 0 Å². The Morgan fingerprint density at radius 3 is 2.65 bits per heavy atom. The lowest BCUT2D eigenvalue weighted by atomic mass is 9.99. The van der Waals surface area contributed by atoms with Crippen LogP contribution in [-0.2, 0) is 0 Å². The number of benzene rings is 1. The highest BCUT2D eigenvalue weighted by molar-refractivity contribution is 6.03. The van der Waals surface area contributed by atoms with Crippen LogP contribution in [0.5, 0.6) is 0 Å². The van der Waals surface area contributed by atoms with Crippen molar-refractivity contribution in [3.63, 3.8) is 0 Å². The van der Waals surface area contributed by atoms with Crippen LogP contribution in [0.2, 0.25) is 0 Å². The molecule has 4 aromatic heterocycles. The molecule has 4 heteroatoms. The summed E-state index contributed by atoms with van der Waals surface area (Å²) >= 11 is 0. The van der Waals surface area contributed by atoms with E-state index >= 15 is 0 Å². The third kappa shape index (κ3) is 2.35. The molecule has 0 atom stereocenters. The van der Waals surface area contributed by atoms with Crippen LogP contribution < -0.4 is 0 Å². The van der Waals surface area contributed by atoms with E-state index in [1.807, 2.05) is 43.5 Å². The lowest BCUT2D eigenvalue weighted by Crippen LogP contribution is -1.89. The molecule has 4 heterocycles. The van der Waals surface area contributed by atoms with E-state index in [-0.39, 0.29) is 0 Å². The van der Waals surface area contributed by atoms with Crippen molar-refractivity contribution in [2.24, 2.45) is 0 Å². The van der Waals surface area contributed by atoms with Crippen LogP contribution in [0.15, 0.2) is 73.1 Å². The van der Waals surface area contributed by atoms with Crippen LogP contribution in [0.4, 0.5) is 0 Å². The van der Waals surface area contributed by atoms with Crippen molar-refractivity contribution in [3.05, 3.63) is 78.8 Å². The number of H-pyrrole nitrogens is 1. The summed E-state index contributed by atoms with van der Waals surface area (Å²) in [5, 5.41) is 2.21. The fourth-order valence-electron chi connectivity index (χ4n) is 3.43. The summed E-state index contributed by atoms with van der Waals surface area (Å²) in [4.78, 5) is 17.1. The second-order valence-corrected chi connectivity index (χ2v) is 6.35. The van der Waals surface area contributed by atoms with Crippen molar-refractivity contribution in [1.29, 1.82) is 0 Å². The van der Waals surface area contributed by atoms with E-state index in [2.05, 4.69) is 45.3 Å². The Morgan fingerprint density at radius 1 is 0.846 bits per heavy atom. The number of aryl methyl sites for hydroxylation is 1. The molecule has 4 nitrogen and oxygen atoms in total. The van der Waals surface area contributed by atoms with Gasteiger partial charge in [0, 0.05) is 34.4 Å². The SMILES string of the molecule is Cc1cccc(-c2[nH]c3ncccc3c2-c2ccc3ncccc3c2)n1. The molecule has 0 aliphatic rings. The number of pyridine rings is 3. The quantitative estimate of drug-likeness (QED) is 0.485. The van der Waals surface area contributed by atoms with Gasteiger partial charge in [-0.3, -0.25) is 9.97 Å². The minimum absolute atomic E-state index is 0.868. The molecule has 5 aromatic rings. The van der Waals surface area contributed by atoms with Crippen molar-refractivity contribution in [2.75, 3.05) is 0 Å². The Labute approximate surface area is 150 Å². The molecule has 0 amide bonds. The minimum atomic E-state index is 0.868. The third-order valence-electron chi connectivity index (χ3n) is 4.61. The molecule has 0 aliphatic carbocycles. The Hall–Kier alpha value is -3.53. The van der Waals surface area contributed by atoms with Gasteiger partial charge >= 0.3 is 0 Å². The van der Waals surface area contributed by atoms with Gasteiger partial charge in [0.15, 0.2) is 0 Å². The second kappa shape index (κ2) is 5.77. The predicted molar refractivity (Wildman–Crippen MR) is 105 cm³/mol. The minimum Gasteiger partial charge on any atom is -0.337 e. The highest BCUT2D eigenvalue weighted by atomic mass is 14.9. The summed E-state index contributed by atoms with van der Waals surface area (Å²) < 4.78 is 0. The second-order valence-electron chi connectivity index (χ2n) is 6.35. The van der Waals surface area contributed by atoms with Crippen LogP contribution in [-0.4, -0.2) is 19.9 Å². The molecule has 0 saturated heterocycles. The fraction of sp³-hybridized carbons (Fsp3) is 0.0455. The lowest BCUT2D eigenvalue weighted by Gasteiger charge is -2.07. The number of nitrogens with zero attached hydrogens (tertiary/aromatic N) is 3. The van der Waals surface area contributed by atoms with E-state index in [1.165, 1.54) is 0 Å². The Balaban J connectivity index is 1.83. The fourth-order valence-corrected chi connectivity index (χ4v) is 3.43. The highest BCUT2D eigenvalue weighted by Crippen LogP contribution is 2.37. The van der Waals surface area contributed by atoms with Gasteiger partial charge in [-0.05, 0) is 55.0 Å². The highest BCUT2D eigenvalue weighted by Gasteiger charge is 2.17. The molecule has 0 spiro atoms. The summed E-state index contributed by atoms with van der Waals surface area (Å²) in [6, 6.07) is 20.5. The maximum absolute atomic E-state index is 4.72. The average Bonchev–Trinajstić information content (AvgIpc) is 3.07. The lowest BCUT2D eigenvalue weighted by molar-refractivity contribution is 1.19. The predicted octanol–water partition coefficient (Wildman–Crippen LogP) is 5.15. The van der Waals surface area contributed by atoms with Gasteiger partial charge in [-0.2, -0.15) is 0 Å². The van der Waals surface area contributed by atoms with E-state index in [0.717, 1.165) is 50.1 Å². The topological polar surface area (TPSA) is 54.5 Å². The van der Waals surface area contributed by atoms with Gasteiger partial charge in [-0.25, -0.2) is 4.98 Å². The van der Waals surface area contributed by atoms with Crippen molar-refractivity contribution < 1.29 is 0 Å². The van der Waals surface area contributed by atoms with Gasteiger partial charge in [0.2, 0.25) is 0 Å². The molecule has 0 aliphatic heterocycles. The maximum atomic E-state index is 4.72. The number of rotatable bonds is 2. The molecular weight excluding hydrogens is 320 g/mol. The first-order valence-corrected chi connectivity index (χ1v) is 8.55. The molecule has 124 valence electrons. The summed E-state index contributed by atoms with van der Waals surface area (Å²) in [5.74, 6) is 0. The van der Waals surface area contributed by atoms with Crippen LogP contribution >= 0.6 is 0 Å². The van der Waals surface area contributed by atoms with E-state index in [1.54, 1.807) is 6.20 Å². The van der Waals surface area contributed by atoms with Crippen LogP contribution in [0.3, 0.4) is 0 Å². The first kappa shape index (κ1) is 14.8. The monoisotopic (exact) mass is 336 g/mol. The zero-order valence-electron chi connectivity index (χ0n) is 14.3. The number of aromatic nitrogens is 4. The molecule has 26 heavy (non-hydrogen) atoms. The number of aromatic amines is 1. The molecular formula is C22H16N4. The van der Waals surface area contributed by atoms with Gasteiger partial charge in [0.1, 0.15) is 5.65 Å². The molecule has 0 bridgehead atoms. The number of hydrogen-bond acceptors (Lipinski definition) is 3. The van der Waals surface area contributed by atoms with Crippen LogP contribution in [0.1, 0.15) is 5.69 Å². The summed E-state index contributed by atoms with van der Waals surface area (Å²) in [5.41, 5.74) is 7.01. The van der Waals surface area contributed by atoms with Crippen molar-refractivity contribution in [1.82, 2.24) is 19.9 Å². The molecule has 1 N–H and O–H groups in total. The Kier molecular flexibility index (Phi) is 3.28. The molecule has 5 rings (SSSR count). The van der Waals surface area contributed by atoms with E-state index in [4.69, 9.17) is 4.98 Å². The molecule has 0 fully saturated rings. The molecule has 0 unspecified atom stereocenters. The van der Waals surface area contributed by atoms with Crippen LogP contribution in [0, 0.1) is 6.92 Å². The number of fused-ring (bicyclic) bond motifs is 2. The van der Waals surface area contributed by atoms with Gasteiger partial charge in [-0.1, -0.05) is 18.2 Å². The summed E-state index contributed by atoms with van der Waals surface area (Å²) in [6.45, 7) is 2.01. The Bertz CT molecular complexity index is 1250. The van der Waals surface area contributed by atoms with E-state index in [9.17, 15) is 0 Å². The largest absolute Gasteiger partial charge is 0.337 e. The van der Waals surface area contributed by atoms with Gasteiger partial charge in [0.25, 0.3) is 0 Å². The smallest absolute Gasteiger partial charge is 0.138 e. The molecule has 1 aromatic carbocycles. The van der Waals surface area contributed by atoms with E-state index < -0.39 is 0 Å².